The first-order valence-electron chi connectivity index (χ1n) is 14.3. The molecule has 11 heteroatoms. The highest BCUT2D eigenvalue weighted by atomic mass is 32.3. The van der Waals surface area contributed by atoms with Gasteiger partial charge >= 0.3 is 0 Å². The fraction of sp³-hybridized carbons (Fsp3) is 0.419. The molecule has 2 aromatic heterocycles. The predicted octanol–water partition coefficient (Wildman–Crippen LogP) is 5.80. The molecule has 3 heterocycles. The quantitative estimate of drug-likeness (QED) is 0.233. The largest absolute Gasteiger partial charge is 0.472 e. The summed E-state index contributed by atoms with van der Waals surface area (Å²) in [6.07, 6.45) is 2.01. The van der Waals surface area contributed by atoms with E-state index in [1.165, 1.54) is 0 Å². The number of pyridine rings is 1. The van der Waals surface area contributed by atoms with Crippen LogP contribution in [0.4, 0.5) is 0 Å². The van der Waals surface area contributed by atoms with Crippen LogP contribution >= 0.6 is 10.8 Å². The molecule has 2 atom stereocenters. The Hall–Kier alpha value is -3.51. The summed E-state index contributed by atoms with van der Waals surface area (Å²) in [5, 5.41) is 8.74. The van der Waals surface area contributed by atoms with Crippen LogP contribution in [0.2, 0.25) is 0 Å². The number of fused-ring (bicyclic) bond motifs is 2. The van der Waals surface area contributed by atoms with Gasteiger partial charge in [-0.25, -0.2) is 9.67 Å². The normalized spacial score (nSPS) is 18.6. The maximum atomic E-state index is 12.9. The Morgan fingerprint density at radius 2 is 1.95 bits per heavy atom. The van der Waals surface area contributed by atoms with Gasteiger partial charge in [0.2, 0.25) is 11.8 Å². The molecule has 42 heavy (non-hydrogen) atoms. The number of hydrogen-bond acceptors (Lipinski definition) is 8. The lowest BCUT2D eigenvalue weighted by atomic mass is 9.69. The molecule has 5 rings (SSSR count). The number of ether oxygens (including phenoxy) is 1. The maximum Gasteiger partial charge on any atom is 0.239 e. The summed E-state index contributed by atoms with van der Waals surface area (Å²) in [5.41, 5.74) is 11.5. The lowest BCUT2D eigenvalue weighted by Gasteiger charge is -2.42. The topological polar surface area (TPSA) is 140 Å². The second kappa shape index (κ2) is 11.3. The Labute approximate surface area is 248 Å². The number of carbonyl (C=O) groups is 1. The van der Waals surface area contributed by atoms with Gasteiger partial charge in [-0.3, -0.25) is 13.9 Å². The van der Waals surface area contributed by atoms with E-state index >= 15 is 0 Å². The van der Waals surface area contributed by atoms with Crippen molar-refractivity contribution in [2.24, 2.45) is 11.1 Å². The second-order valence-electron chi connectivity index (χ2n) is 11.6. The average Bonchev–Trinajstić information content (AvgIpc) is 3.34. The third kappa shape index (κ3) is 5.15. The van der Waals surface area contributed by atoms with Crippen molar-refractivity contribution in [1.82, 2.24) is 24.3 Å². The molecular weight excluding hydrogens is 552 g/mol. The molecule has 1 aliphatic rings. The third-order valence-electron chi connectivity index (χ3n) is 8.54. The van der Waals surface area contributed by atoms with Crippen LogP contribution < -0.4 is 10.5 Å². The van der Waals surface area contributed by atoms with E-state index in [1.54, 1.807) is 22.6 Å². The summed E-state index contributed by atoms with van der Waals surface area (Å²) < 4.78 is 32.7. The van der Waals surface area contributed by atoms with Crippen molar-refractivity contribution in [3.8, 4) is 5.88 Å². The monoisotopic (exact) mass is 592 g/mol. The van der Waals surface area contributed by atoms with Crippen LogP contribution in [0.3, 0.4) is 0 Å². The molecule has 224 valence electrons. The number of nitrogens with zero attached hydrogens (tertiary/aromatic N) is 5. The summed E-state index contributed by atoms with van der Waals surface area (Å²) >= 11 is 0. The van der Waals surface area contributed by atoms with E-state index in [1.807, 2.05) is 70.5 Å². The average molecular weight is 593 g/mol. The smallest absolute Gasteiger partial charge is 0.239 e. The zero-order valence-corrected chi connectivity index (χ0v) is 25.9. The zero-order chi connectivity index (χ0) is 30.4. The molecular formula is C31H40N6O4S. The van der Waals surface area contributed by atoms with E-state index in [4.69, 9.17) is 10.5 Å². The Morgan fingerprint density at radius 1 is 1.19 bits per heavy atom. The van der Waals surface area contributed by atoms with E-state index < -0.39 is 22.1 Å². The number of primary amides is 1. The number of aromatic nitrogens is 4. The number of aryl methyl sites for hydroxylation is 3. The van der Waals surface area contributed by atoms with E-state index in [-0.39, 0.29) is 29.3 Å². The molecule has 0 fully saturated rings. The second-order valence-corrected chi connectivity index (χ2v) is 13.5. The number of nitrogens with two attached hydrogens (primary N) is 1. The lowest BCUT2D eigenvalue weighted by molar-refractivity contribution is -0.126. The van der Waals surface area contributed by atoms with Gasteiger partial charge in [0, 0.05) is 25.2 Å². The highest BCUT2D eigenvalue weighted by Crippen LogP contribution is 2.57. The predicted molar refractivity (Wildman–Crippen MR) is 164 cm³/mol. The standard InChI is InChI=1S/C31H40N6O4S/c1-7-23-18-36(42(39,40)26-10-9-15-33-29(26)41-23)17-22-16-21(12-11-19(22)3)27(31(5,6)30(32)38)24-13-14-25-28(20(24)4)34-35-37(25)8-2/h9-16,23,27,39-40H,7-8,17-18H2,1-6H3,(H2,32,38). The fourth-order valence-corrected chi connectivity index (χ4v) is 7.36. The molecule has 0 saturated heterocycles. The molecule has 0 aliphatic carbocycles. The Kier molecular flexibility index (Phi) is 8.06. The molecule has 0 bridgehead atoms. The zero-order valence-electron chi connectivity index (χ0n) is 25.0. The number of carbonyl (C=O) groups excluding carboxylic acids is 1. The van der Waals surface area contributed by atoms with Crippen molar-refractivity contribution < 1.29 is 18.6 Å². The van der Waals surface area contributed by atoms with Gasteiger partial charge in [-0.1, -0.05) is 50.3 Å². The molecule has 4 aromatic rings. The summed E-state index contributed by atoms with van der Waals surface area (Å²) in [6.45, 7) is 13.1. The first-order chi connectivity index (χ1) is 19.9. The Balaban J connectivity index is 1.61. The Morgan fingerprint density at radius 3 is 2.64 bits per heavy atom. The minimum atomic E-state index is -3.38. The third-order valence-corrected chi connectivity index (χ3v) is 10.4. The van der Waals surface area contributed by atoms with Crippen LogP contribution in [-0.2, 0) is 17.9 Å². The molecule has 0 radical (unpaired) electrons. The maximum absolute atomic E-state index is 12.9. The van der Waals surface area contributed by atoms with E-state index in [0.717, 1.165) is 38.9 Å². The lowest BCUT2D eigenvalue weighted by Crippen LogP contribution is -2.38. The number of hydrogen-bond donors (Lipinski definition) is 3. The van der Waals surface area contributed by atoms with Crippen LogP contribution in [0, 0.1) is 19.3 Å². The van der Waals surface area contributed by atoms with Crippen molar-refractivity contribution in [3.63, 3.8) is 0 Å². The molecule has 2 aromatic carbocycles. The molecule has 0 saturated carbocycles. The van der Waals surface area contributed by atoms with Gasteiger partial charge < -0.3 is 10.5 Å². The molecule has 2 unspecified atom stereocenters. The number of rotatable bonds is 8. The van der Waals surface area contributed by atoms with Gasteiger partial charge in [-0.05, 0) is 73.2 Å². The van der Waals surface area contributed by atoms with Crippen LogP contribution in [0.1, 0.15) is 67.9 Å². The molecule has 4 N–H and O–H groups in total. The minimum Gasteiger partial charge on any atom is -0.472 e. The molecule has 0 spiro atoms. The van der Waals surface area contributed by atoms with Gasteiger partial charge in [-0.15, -0.1) is 15.9 Å². The summed E-state index contributed by atoms with van der Waals surface area (Å²) in [5.74, 6) is -0.543. The summed E-state index contributed by atoms with van der Waals surface area (Å²) in [7, 11) is -3.38. The molecule has 10 nitrogen and oxygen atoms in total. The first-order valence-corrected chi connectivity index (χ1v) is 15.8. The minimum absolute atomic E-state index is 0.256. The van der Waals surface area contributed by atoms with Gasteiger partial charge in [-0.2, -0.15) is 4.31 Å². The highest BCUT2D eigenvalue weighted by molar-refractivity contribution is 8.22. The fourth-order valence-electron chi connectivity index (χ4n) is 5.79. The van der Waals surface area contributed by atoms with Crippen LogP contribution in [0.25, 0.3) is 11.0 Å². The van der Waals surface area contributed by atoms with E-state index in [9.17, 15) is 13.9 Å². The van der Waals surface area contributed by atoms with Gasteiger partial charge in [0.15, 0.2) is 0 Å². The number of amides is 1. The van der Waals surface area contributed by atoms with Crippen molar-refractivity contribution in [1.29, 1.82) is 0 Å². The van der Waals surface area contributed by atoms with Gasteiger partial charge in [0.05, 0.1) is 17.5 Å². The van der Waals surface area contributed by atoms with E-state index in [0.29, 0.717) is 19.5 Å². The van der Waals surface area contributed by atoms with Crippen LogP contribution in [0.5, 0.6) is 5.88 Å². The van der Waals surface area contributed by atoms with Crippen molar-refractivity contribution in [2.75, 3.05) is 6.54 Å². The van der Waals surface area contributed by atoms with Crippen molar-refractivity contribution in [2.45, 2.75) is 78.0 Å². The van der Waals surface area contributed by atoms with E-state index in [2.05, 4.69) is 21.4 Å². The highest BCUT2D eigenvalue weighted by Gasteiger charge is 2.40. The van der Waals surface area contributed by atoms with Gasteiger partial charge in [0.1, 0.15) is 16.5 Å². The van der Waals surface area contributed by atoms with Crippen molar-refractivity contribution >= 4 is 27.7 Å². The first kappa shape index (κ1) is 30.0. The number of benzene rings is 2. The summed E-state index contributed by atoms with van der Waals surface area (Å²) in [4.78, 5) is 17.5. The van der Waals surface area contributed by atoms with Crippen molar-refractivity contribution in [3.05, 3.63) is 76.5 Å². The summed E-state index contributed by atoms with van der Waals surface area (Å²) in [6, 6.07) is 13.5. The van der Waals surface area contributed by atoms with Crippen LogP contribution in [0.15, 0.2) is 53.6 Å². The SMILES string of the molecule is CCC1CN(Cc2cc(C(c3ccc4c(nnn4CC)c3C)C(C)(C)C(N)=O)ccc2C)S(O)(O)c2cccnc2O1. The van der Waals surface area contributed by atoms with Crippen LogP contribution in [-0.4, -0.2) is 51.9 Å². The van der Waals surface area contributed by atoms with Gasteiger partial charge in [0.25, 0.3) is 0 Å². The molecule has 1 amide bonds. The Bertz CT molecular complexity index is 1640. The molecule has 1 aliphatic heterocycles.